The number of hydrogen-bond donors (Lipinski definition) is 1. The third-order valence-corrected chi connectivity index (χ3v) is 11.8. The van der Waals surface area contributed by atoms with E-state index in [4.69, 9.17) is 9.47 Å². The number of piperidine rings is 2. The summed E-state index contributed by atoms with van der Waals surface area (Å²) in [4.78, 5) is 25.2. The number of thiol groups is 1. The van der Waals surface area contributed by atoms with Crippen LogP contribution in [-0.2, 0) is 13.8 Å². The summed E-state index contributed by atoms with van der Waals surface area (Å²) in [6.45, 7) is 2.22. The second-order valence-electron chi connectivity index (χ2n) is 8.23. The highest BCUT2D eigenvalue weighted by molar-refractivity contribution is 8.82. The predicted molar refractivity (Wildman–Crippen MR) is 129 cm³/mol. The van der Waals surface area contributed by atoms with Crippen LogP contribution in [0.2, 0.25) is 0 Å². The fraction of sp³-hybridized carbons (Fsp3) is 0.571. The summed E-state index contributed by atoms with van der Waals surface area (Å²) in [7, 11) is -1.27. The van der Waals surface area contributed by atoms with Gasteiger partial charge in [-0.25, -0.2) is 18.2 Å². The molecule has 10 nitrogen and oxygen atoms in total. The zero-order chi connectivity index (χ0) is 23.4. The van der Waals surface area contributed by atoms with Crippen LogP contribution in [0.25, 0.3) is 0 Å². The lowest BCUT2D eigenvalue weighted by molar-refractivity contribution is 0.0351. The molecule has 1 aromatic heterocycles. The molecule has 0 aromatic carbocycles. The van der Waals surface area contributed by atoms with Crippen molar-refractivity contribution >= 4 is 31.0 Å². The summed E-state index contributed by atoms with van der Waals surface area (Å²) in [5, 5.41) is 3.49. The number of rotatable bonds is 6. The molecule has 182 valence electrons. The topological polar surface area (TPSA) is 105 Å². The maximum atomic E-state index is 12.7. The number of hydrogen-bond acceptors (Lipinski definition) is 8. The van der Waals surface area contributed by atoms with Gasteiger partial charge in [0.25, 0.3) is 9.06 Å². The van der Waals surface area contributed by atoms with Crippen molar-refractivity contribution in [2.24, 2.45) is 0 Å². The summed E-state index contributed by atoms with van der Waals surface area (Å²) < 4.78 is 37.8. The lowest BCUT2D eigenvalue weighted by Gasteiger charge is -2.37. The van der Waals surface area contributed by atoms with Gasteiger partial charge in [-0.3, -0.25) is 0 Å². The lowest BCUT2D eigenvalue weighted by Crippen LogP contribution is -2.48. The summed E-state index contributed by atoms with van der Waals surface area (Å²) in [5.41, 5.74) is 0. The van der Waals surface area contributed by atoms with E-state index in [1.807, 2.05) is 0 Å². The third kappa shape index (κ3) is 5.44. The van der Waals surface area contributed by atoms with Crippen LogP contribution in [0.15, 0.2) is 35.2 Å². The Morgan fingerprint density at radius 1 is 1.12 bits per heavy atom. The van der Waals surface area contributed by atoms with Crippen molar-refractivity contribution in [3.8, 4) is 5.88 Å². The van der Waals surface area contributed by atoms with Gasteiger partial charge >= 0.3 is 6.09 Å². The van der Waals surface area contributed by atoms with Crippen LogP contribution in [0, 0.1) is 0 Å². The Balaban J connectivity index is 1.23. The normalized spacial score (nSPS) is 21.4. The Labute approximate surface area is 197 Å². The smallest absolute Gasteiger partial charge is 0.410 e. The second-order valence-corrected chi connectivity index (χ2v) is 13.6. The van der Waals surface area contributed by atoms with Gasteiger partial charge < -0.3 is 19.3 Å². The van der Waals surface area contributed by atoms with Crippen LogP contribution in [0.1, 0.15) is 25.7 Å². The van der Waals surface area contributed by atoms with Crippen LogP contribution < -0.4 is 9.64 Å². The van der Waals surface area contributed by atoms with Gasteiger partial charge in [0.1, 0.15) is 6.10 Å². The molecule has 4 heterocycles. The largest absolute Gasteiger partial charge is 0.481 e. The van der Waals surface area contributed by atoms with Crippen molar-refractivity contribution in [3.63, 3.8) is 0 Å². The summed E-state index contributed by atoms with van der Waals surface area (Å²) >= 11 is 0. The number of ether oxygens (including phenoxy) is 2. The fourth-order valence-electron chi connectivity index (χ4n) is 4.21. The molecule has 0 spiro atoms. The van der Waals surface area contributed by atoms with E-state index in [1.54, 1.807) is 54.3 Å². The molecule has 2 saturated heterocycles. The SMILES string of the molecule is COc1ccnc(N2CCC(N(C)C(=O)OC3CCN(S(=O)(=O)[SH]4C=CC=C4)CC3)CC2)n1. The van der Waals surface area contributed by atoms with Crippen molar-refractivity contribution < 1.29 is 22.7 Å². The van der Waals surface area contributed by atoms with Crippen LogP contribution in [0.4, 0.5) is 10.7 Å². The number of nitrogens with zero attached hydrogens (tertiary/aromatic N) is 5. The maximum absolute atomic E-state index is 12.7. The second kappa shape index (κ2) is 10.3. The van der Waals surface area contributed by atoms with Crippen LogP contribution in [0.3, 0.4) is 0 Å². The van der Waals surface area contributed by atoms with E-state index in [-0.39, 0.29) is 18.2 Å². The van der Waals surface area contributed by atoms with Gasteiger partial charge in [-0.1, -0.05) is 22.1 Å². The first kappa shape index (κ1) is 23.8. The quantitative estimate of drug-likeness (QED) is 0.471. The number of carbonyl (C=O) groups excluding carboxylic acids is 1. The third-order valence-electron chi connectivity index (χ3n) is 6.25. The molecule has 3 aliphatic rings. The highest BCUT2D eigenvalue weighted by Gasteiger charge is 2.34. The monoisotopic (exact) mass is 497 g/mol. The molecule has 33 heavy (non-hydrogen) atoms. The summed E-state index contributed by atoms with van der Waals surface area (Å²) in [5.74, 6) is 1.16. The molecular formula is C21H31N5O5S2. The molecule has 0 aliphatic carbocycles. The van der Waals surface area contributed by atoms with E-state index in [0.29, 0.717) is 37.8 Å². The fourth-order valence-corrected chi connectivity index (χ4v) is 8.73. The molecule has 12 heteroatoms. The van der Waals surface area contributed by atoms with E-state index in [9.17, 15) is 13.2 Å². The molecule has 0 saturated carbocycles. The summed E-state index contributed by atoms with van der Waals surface area (Å²) in [6.07, 6.45) is 7.22. The Hall–Kier alpha value is -2.31. The van der Waals surface area contributed by atoms with Gasteiger partial charge in [0.15, 0.2) is 0 Å². The molecule has 1 aromatic rings. The van der Waals surface area contributed by atoms with Crippen molar-refractivity contribution in [2.75, 3.05) is 45.2 Å². The first-order valence-corrected chi connectivity index (χ1v) is 14.6. The number of amides is 1. The molecule has 0 bridgehead atoms. The first-order chi connectivity index (χ1) is 15.9. The zero-order valence-corrected chi connectivity index (χ0v) is 20.6. The van der Waals surface area contributed by atoms with Gasteiger partial charge in [-0.05, 0) is 36.5 Å². The molecule has 2 fully saturated rings. The molecule has 0 unspecified atom stereocenters. The Bertz CT molecular complexity index is 990. The number of methoxy groups -OCH3 is 1. The maximum Gasteiger partial charge on any atom is 0.410 e. The predicted octanol–water partition coefficient (Wildman–Crippen LogP) is 2.27. The van der Waals surface area contributed by atoms with Crippen LogP contribution >= 0.6 is 9.93 Å². The van der Waals surface area contributed by atoms with Gasteiger partial charge in [0.2, 0.25) is 11.8 Å². The minimum Gasteiger partial charge on any atom is -0.481 e. The van der Waals surface area contributed by atoms with Crippen molar-refractivity contribution in [3.05, 3.63) is 35.2 Å². The Morgan fingerprint density at radius 3 is 2.42 bits per heavy atom. The molecule has 0 radical (unpaired) electrons. The number of anilines is 1. The average molecular weight is 498 g/mol. The molecule has 0 atom stereocenters. The zero-order valence-electron chi connectivity index (χ0n) is 18.9. The minimum atomic E-state index is -3.33. The van der Waals surface area contributed by atoms with E-state index in [1.165, 1.54) is 4.31 Å². The van der Waals surface area contributed by atoms with Gasteiger partial charge in [-0.15, -0.1) is 0 Å². The highest BCUT2D eigenvalue weighted by atomic mass is 33.2. The lowest BCUT2D eigenvalue weighted by atomic mass is 10.0. The van der Waals surface area contributed by atoms with E-state index < -0.39 is 19.0 Å². The molecule has 4 rings (SSSR count). The summed E-state index contributed by atoms with van der Waals surface area (Å²) in [6, 6.07) is 1.78. The average Bonchev–Trinajstić information content (AvgIpc) is 3.40. The first-order valence-electron chi connectivity index (χ1n) is 11.1. The number of carbonyl (C=O) groups is 1. The van der Waals surface area contributed by atoms with E-state index in [2.05, 4.69) is 14.9 Å². The van der Waals surface area contributed by atoms with Crippen LogP contribution in [-0.4, -0.2) is 86.2 Å². The standard InChI is InChI=1S/C21H31N5O5S2/c1-24(17-6-11-25(12-7-17)20-22-10-5-19(23-20)30-2)21(27)31-18-8-13-26(14-9-18)33(28,29)32-15-3-4-16-32/h3-5,10,15-18,32H,6-9,11-14H2,1-2H3. The van der Waals surface area contributed by atoms with Crippen LogP contribution in [0.5, 0.6) is 5.88 Å². The van der Waals surface area contributed by atoms with Crippen molar-refractivity contribution in [2.45, 2.75) is 37.8 Å². The Kier molecular flexibility index (Phi) is 7.45. The highest BCUT2D eigenvalue weighted by Crippen LogP contribution is 2.42. The number of aromatic nitrogens is 2. The van der Waals surface area contributed by atoms with Gasteiger partial charge in [0.05, 0.1) is 7.11 Å². The van der Waals surface area contributed by atoms with Gasteiger partial charge in [-0.2, -0.15) is 9.29 Å². The Morgan fingerprint density at radius 2 is 1.79 bits per heavy atom. The van der Waals surface area contributed by atoms with Gasteiger partial charge in [0, 0.05) is 51.5 Å². The van der Waals surface area contributed by atoms with Crippen molar-refractivity contribution in [1.82, 2.24) is 19.2 Å². The minimum absolute atomic E-state index is 0.0727. The van der Waals surface area contributed by atoms with Crippen molar-refractivity contribution in [1.29, 1.82) is 0 Å². The molecule has 1 amide bonds. The molecular weight excluding hydrogens is 466 g/mol. The molecule has 3 aliphatic heterocycles. The van der Waals surface area contributed by atoms with E-state index >= 15 is 0 Å². The van der Waals surface area contributed by atoms with E-state index in [0.717, 1.165) is 25.9 Å². The number of allylic oxidation sites excluding steroid dienone is 2. The molecule has 0 N–H and O–H groups in total.